The van der Waals surface area contributed by atoms with Crippen molar-refractivity contribution in [2.45, 2.75) is 60.0 Å². The summed E-state index contributed by atoms with van der Waals surface area (Å²) in [6.45, 7) is 12.3. The van der Waals surface area contributed by atoms with Gasteiger partial charge in [-0.25, -0.2) is 4.79 Å². The average Bonchev–Trinajstić information content (AvgIpc) is 2.23. The summed E-state index contributed by atoms with van der Waals surface area (Å²) in [5.74, 6) is 0. The van der Waals surface area contributed by atoms with Crippen molar-refractivity contribution < 1.29 is 9.53 Å². The van der Waals surface area contributed by atoms with Crippen LogP contribution in [0.2, 0.25) is 0 Å². The van der Waals surface area contributed by atoms with Crippen LogP contribution in [-0.4, -0.2) is 11.7 Å². The second kappa shape index (κ2) is 6.29. The van der Waals surface area contributed by atoms with E-state index in [0.717, 1.165) is 18.5 Å². The topological polar surface area (TPSA) is 38.3 Å². The first-order valence-electron chi connectivity index (χ1n) is 7.14. The van der Waals surface area contributed by atoms with Crippen LogP contribution in [0.15, 0.2) is 24.3 Å². The van der Waals surface area contributed by atoms with Gasteiger partial charge in [0.15, 0.2) is 0 Å². The number of hydrogen-bond acceptors (Lipinski definition) is 2. The minimum Gasteiger partial charge on any atom is -0.444 e. The predicted octanol–water partition coefficient (Wildman–Crippen LogP) is 5.01. The largest absolute Gasteiger partial charge is 0.444 e. The number of aryl methyl sites for hydroxylation is 1. The van der Waals surface area contributed by atoms with Gasteiger partial charge in [0.2, 0.25) is 0 Å². The molecule has 1 aromatic carbocycles. The summed E-state index contributed by atoms with van der Waals surface area (Å²) in [6, 6.07) is 7.94. The number of amides is 1. The molecule has 3 nitrogen and oxygen atoms in total. The molecule has 0 atom stereocenters. The van der Waals surface area contributed by atoms with Crippen LogP contribution in [0.1, 0.15) is 53.5 Å². The van der Waals surface area contributed by atoms with Crippen LogP contribution in [-0.2, 0) is 11.2 Å². The van der Waals surface area contributed by atoms with Crippen LogP contribution in [0, 0.1) is 5.41 Å². The summed E-state index contributed by atoms with van der Waals surface area (Å²) in [6.07, 6.45) is 1.71. The van der Waals surface area contributed by atoms with Gasteiger partial charge in [0.1, 0.15) is 5.60 Å². The number of ether oxygens (including phenoxy) is 1. The molecule has 112 valence electrons. The molecule has 1 amide bonds. The van der Waals surface area contributed by atoms with E-state index in [1.807, 2.05) is 39.0 Å². The molecule has 20 heavy (non-hydrogen) atoms. The van der Waals surface area contributed by atoms with Crippen molar-refractivity contribution in [2.75, 3.05) is 5.32 Å². The second-order valence-corrected chi connectivity index (χ2v) is 7.39. The maximum absolute atomic E-state index is 11.7. The van der Waals surface area contributed by atoms with Gasteiger partial charge in [0.25, 0.3) is 0 Å². The van der Waals surface area contributed by atoms with E-state index in [1.165, 1.54) is 5.56 Å². The highest BCUT2D eigenvalue weighted by Crippen LogP contribution is 2.22. The highest BCUT2D eigenvalue weighted by atomic mass is 16.6. The summed E-state index contributed by atoms with van der Waals surface area (Å²) in [4.78, 5) is 11.7. The first-order valence-corrected chi connectivity index (χ1v) is 7.14. The molecule has 1 aromatic rings. The van der Waals surface area contributed by atoms with Gasteiger partial charge in [0, 0.05) is 5.69 Å². The fourth-order valence-corrected chi connectivity index (χ4v) is 1.75. The lowest BCUT2D eigenvalue weighted by atomic mass is 9.89. The van der Waals surface area contributed by atoms with Crippen molar-refractivity contribution in [2.24, 2.45) is 5.41 Å². The van der Waals surface area contributed by atoms with Gasteiger partial charge in [-0.2, -0.15) is 0 Å². The molecule has 0 spiro atoms. The van der Waals surface area contributed by atoms with Gasteiger partial charge >= 0.3 is 6.09 Å². The lowest BCUT2D eigenvalue weighted by Gasteiger charge is -2.20. The molecular formula is C17H27NO2. The normalized spacial score (nSPS) is 12.1. The van der Waals surface area contributed by atoms with Crippen LogP contribution in [0.3, 0.4) is 0 Å². The van der Waals surface area contributed by atoms with Gasteiger partial charge in [-0.15, -0.1) is 0 Å². The van der Waals surface area contributed by atoms with Crippen LogP contribution in [0.4, 0.5) is 10.5 Å². The number of nitrogens with one attached hydrogen (secondary N) is 1. The van der Waals surface area contributed by atoms with Gasteiger partial charge < -0.3 is 4.74 Å². The Balaban J connectivity index is 2.62. The summed E-state index contributed by atoms with van der Waals surface area (Å²) in [5.41, 5.74) is 1.85. The van der Waals surface area contributed by atoms with Crippen molar-refractivity contribution in [3.63, 3.8) is 0 Å². The SMILES string of the molecule is CC(C)(C)CCc1cccc(NC(=O)OC(C)(C)C)c1. The first-order chi connectivity index (χ1) is 9.05. The third-order valence-electron chi connectivity index (χ3n) is 2.74. The van der Waals surface area contributed by atoms with Crippen LogP contribution < -0.4 is 5.32 Å². The van der Waals surface area contributed by atoms with E-state index in [0.29, 0.717) is 5.41 Å². The molecule has 0 radical (unpaired) electrons. The van der Waals surface area contributed by atoms with Crippen molar-refractivity contribution in [3.05, 3.63) is 29.8 Å². The molecule has 0 heterocycles. The number of benzene rings is 1. The van der Waals surface area contributed by atoms with Crippen LogP contribution in [0.25, 0.3) is 0 Å². The van der Waals surface area contributed by atoms with E-state index in [1.54, 1.807) is 0 Å². The Bertz CT molecular complexity index is 453. The van der Waals surface area contributed by atoms with E-state index in [9.17, 15) is 4.79 Å². The molecule has 0 aliphatic heterocycles. The zero-order valence-corrected chi connectivity index (χ0v) is 13.5. The van der Waals surface area contributed by atoms with Crippen LogP contribution in [0.5, 0.6) is 0 Å². The Kier molecular flexibility index (Phi) is 5.21. The Hall–Kier alpha value is -1.51. The molecule has 0 unspecified atom stereocenters. The second-order valence-electron chi connectivity index (χ2n) is 7.39. The van der Waals surface area contributed by atoms with E-state index in [2.05, 4.69) is 32.2 Å². The lowest BCUT2D eigenvalue weighted by Crippen LogP contribution is -2.27. The highest BCUT2D eigenvalue weighted by Gasteiger charge is 2.16. The van der Waals surface area contributed by atoms with E-state index < -0.39 is 11.7 Å². The fourth-order valence-electron chi connectivity index (χ4n) is 1.75. The van der Waals surface area contributed by atoms with Gasteiger partial charge in [-0.05, 0) is 56.7 Å². The zero-order chi connectivity index (χ0) is 15.4. The van der Waals surface area contributed by atoms with E-state index >= 15 is 0 Å². The van der Waals surface area contributed by atoms with Crippen LogP contribution >= 0.6 is 0 Å². The van der Waals surface area contributed by atoms with E-state index in [-0.39, 0.29) is 0 Å². The molecule has 0 fully saturated rings. The molecule has 0 saturated heterocycles. The Morgan fingerprint density at radius 3 is 2.35 bits per heavy atom. The number of hydrogen-bond donors (Lipinski definition) is 1. The Morgan fingerprint density at radius 1 is 1.15 bits per heavy atom. The number of carbonyl (C=O) groups excluding carboxylic acids is 1. The Labute approximate surface area is 122 Å². The predicted molar refractivity (Wildman–Crippen MR) is 84.1 cm³/mol. The molecule has 0 bridgehead atoms. The lowest BCUT2D eigenvalue weighted by molar-refractivity contribution is 0.0636. The zero-order valence-electron chi connectivity index (χ0n) is 13.5. The maximum Gasteiger partial charge on any atom is 0.412 e. The summed E-state index contributed by atoms with van der Waals surface area (Å²) < 4.78 is 5.25. The third-order valence-corrected chi connectivity index (χ3v) is 2.74. The van der Waals surface area contributed by atoms with Crippen molar-refractivity contribution in [3.8, 4) is 0 Å². The van der Waals surface area contributed by atoms with Gasteiger partial charge in [0.05, 0.1) is 0 Å². The molecule has 3 heteroatoms. The first kappa shape index (κ1) is 16.5. The standard InChI is InChI=1S/C17H27NO2/c1-16(2,3)11-10-13-8-7-9-14(12-13)18-15(19)20-17(4,5)6/h7-9,12H,10-11H2,1-6H3,(H,18,19). The van der Waals surface area contributed by atoms with Crippen molar-refractivity contribution in [1.29, 1.82) is 0 Å². The molecular weight excluding hydrogens is 250 g/mol. The van der Waals surface area contributed by atoms with E-state index in [4.69, 9.17) is 4.74 Å². The molecule has 1 rings (SSSR count). The van der Waals surface area contributed by atoms with Crippen molar-refractivity contribution >= 4 is 11.8 Å². The quantitative estimate of drug-likeness (QED) is 0.843. The minimum absolute atomic E-state index is 0.314. The summed E-state index contributed by atoms with van der Waals surface area (Å²) >= 11 is 0. The number of anilines is 1. The summed E-state index contributed by atoms with van der Waals surface area (Å²) in [7, 11) is 0. The molecule has 0 aromatic heterocycles. The number of rotatable bonds is 3. The fraction of sp³-hybridized carbons (Fsp3) is 0.588. The minimum atomic E-state index is -0.478. The molecule has 1 N–H and O–H groups in total. The Morgan fingerprint density at radius 2 is 1.80 bits per heavy atom. The van der Waals surface area contributed by atoms with Gasteiger partial charge in [-0.1, -0.05) is 32.9 Å². The smallest absolute Gasteiger partial charge is 0.412 e. The summed E-state index contributed by atoms with van der Waals surface area (Å²) in [5, 5.41) is 2.77. The van der Waals surface area contributed by atoms with Gasteiger partial charge in [-0.3, -0.25) is 5.32 Å². The monoisotopic (exact) mass is 277 g/mol. The maximum atomic E-state index is 11.7. The highest BCUT2D eigenvalue weighted by molar-refractivity contribution is 5.84. The molecule has 0 aliphatic carbocycles. The number of carbonyl (C=O) groups is 1. The molecule has 0 aliphatic rings. The molecule has 0 saturated carbocycles. The van der Waals surface area contributed by atoms with Crippen molar-refractivity contribution in [1.82, 2.24) is 0 Å². The third kappa shape index (κ3) is 7.17. The average molecular weight is 277 g/mol.